The molecular weight excluding hydrogens is 376 g/mol. The first-order valence-electron chi connectivity index (χ1n) is 8.18. The minimum Gasteiger partial charge on any atom is -0.495 e. The summed E-state index contributed by atoms with van der Waals surface area (Å²) in [6.45, 7) is 1.34. The van der Waals surface area contributed by atoms with Crippen LogP contribution >= 0.6 is 11.6 Å². The van der Waals surface area contributed by atoms with Crippen LogP contribution in [-0.4, -0.2) is 46.6 Å². The Balaban J connectivity index is 2.12. The Bertz CT molecular complexity index is 866. The normalized spacial score (nSPS) is 18.5. The van der Waals surface area contributed by atoms with Crippen LogP contribution in [0.15, 0.2) is 47.4 Å². The Kier molecular flexibility index (Phi) is 5.72. The minimum absolute atomic E-state index is 0.0314. The fourth-order valence-electron chi connectivity index (χ4n) is 3.17. The van der Waals surface area contributed by atoms with Crippen molar-refractivity contribution in [3.63, 3.8) is 0 Å². The summed E-state index contributed by atoms with van der Waals surface area (Å²) >= 11 is 6.34. The van der Waals surface area contributed by atoms with Crippen LogP contribution in [-0.2, 0) is 10.0 Å². The summed E-state index contributed by atoms with van der Waals surface area (Å²) in [5.74, 6) is 0.501. The van der Waals surface area contributed by atoms with Crippen molar-refractivity contribution in [2.24, 2.45) is 0 Å². The molecule has 1 unspecified atom stereocenters. The maximum absolute atomic E-state index is 13.5. The van der Waals surface area contributed by atoms with Crippen molar-refractivity contribution in [3.8, 4) is 11.5 Å². The van der Waals surface area contributed by atoms with Crippen LogP contribution < -0.4 is 14.8 Å². The second kappa shape index (κ2) is 7.84. The zero-order chi connectivity index (χ0) is 18.7. The van der Waals surface area contributed by atoms with Crippen molar-refractivity contribution < 1.29 is 17.9 Å². The Morgan fingerprint density at radius 1 is 1.08 bits per heavy atom. The molecule has 3 rings (SSSR count). The Hall–Kier alpha value is -1.80. The molecule has 1 aliphatic rings. The molecule has 0 aliphatic carbocycles. The fourth-order valence-corrected chi connectivity index (χ4v) is 5.33. The summed E-state index contributed by atoms with van der Waals surface area (Å²) in [5.41, 5.74) is 0.763. The molecule has 1 N–H and O–H groups in total. The highest BCUT2D eigenvalue weighted by Crippen LogP contribution is 2.39. The van der Waals surface area contributed by atoms with Crippen LogP contribution in [0.1, 0.15) is 11.6 Å². The van der Waals surface area contributed by atoms with Gasteiger partial charge in [0.2, 0.25) is 0 Å². The van der Waals surface area contributed by atoms with Gasteiger partial charge in [0.1, 0.15) is 11.5 Å². The van der Waals surface area contributed by atoms with Crippen molar-refractivity contribution in [2.45, 2.75) is 10.9 Å². The van der Waals surface area contributed by atoms with Gasteiger partial charge in [-0.3, -0.25) is 0 Å². The van der Waals surface area contributed by atoms with Crippen LogP contribution in [0.2, 0.25) is 5.02 Å². The molecule has 140 valence electrons. The van der Waals surface area contributed by atoms with Crippen molar-refractivity contribution in [1.82, 2.24) is 9.62 Å². The summed E-state index contributed by atoms with van der Waals surface area (Å²) in [6, 6.07) is 11.8. The third kappa shape index (κ3) is 3.40. The van der Waals surface area contributed by atoms with E-state index >= 15 is 0 Å². The molecule has 6 nitrogen and oxygen atoms in total. The van der Waals surface area contributed by atoms with Crippen LogP contribution in [0, 0.1) is 0 Å². The van der Waals surface area contributed by atoms with Crippen molar-refractivity contribution in [2.75, 3.05) is 33.9 Å². The number of methoxy groups -OCH3 is 2. The monoisotopic (exact) mass is 396 g/mol. The average Bonchev–Trinajstić information content (AvgIpc) is 2.67. The van der Waals surface area contributed by atoms with Gasteiger partial charge in [0, 0.05) is 24.7 Å². The molecule has 1 heterocycles. The van der Waals surface area contributed by atoms with Gasteiger partial charge in [-0.1, -0.05) is 35.9 Å². The van der Waals surface area contributed by atoms with Crippen LogP contribution in [0.3, 0.4) is 0 Å². The van der Waals surface area contributed by atoms with Gasteiger partial charge >= 0.3 is 0 Å². The molecule has 1 saturated heterocycles. The fraction of sp³-hybridized carbons (Fsp3) is 0.333. The number of halogens is 1. The lowest BCUT2D eigenvalue weighted by atomic mass is 10.1. The maximum Gasteiger partial charge on any atom is 0.251 e. The van der Waals surface area contributed by atoms with E-state index in [0.717, 1.165) is 5.56 Å². The topological polar surface area (TPSA) is 67.9 Å². The molecule has 0 aromatic heterocycles. The number of nitrogens with zero attached hydrogens (tertiary/aromatic N) is 1. The van der Waals surface area contributed by atoms with Gasteiger partial charge in [0.25, 0.3) is 10.0 Å². The summed E-state index contributed by atoms with van der Waals surface area (Å²) < 4.78 is 39.1. The summed E-state index contributed by atoms with van der Waals surface area (Å²) in [7, 11) is -0.994. The first-order chi connectivity index (χ1) is 12.5. The summed E-state index contributed by atoms with van der Waals surface area (Å²) in [4.78, 5) is 0.0314. The van der Waals surface area contributed by atoms with Crippen LogP contribution in [0.5, 0.6) is 11.5 Å². The van der Waals surface area contributed by atoms with E-state index in [0.29, 0.717) is 24.7 Å². The summed E-state index contributed by atoms with van der Waals surface area (Å²) in [5, 5.41) is 3.78. The van der Waals surface area contributed by atoms with Crippen LogP contribution in [0.4, 0.5) is 0 Å². The molecule has 1 atom stereocenters. The van der Waals surface area contributed by atoms with E-state index in [9.17, 15) is 8.42 Å². The number of hydrogen-bond acceptors (Lipinski definition) is 5. The van der Waals surface area contributed by atoms with E-state index in [-0.39, 0.29) is 16.4 Å². The predicted octanol–water partition coefficient (Wildman–Crippen LogP) is 2.69. The number of rotatable bonds is 5. The lowest BCUT2D eigenvalue weighted by molar-refractivity contribution is 0.269. The number of ether oxygens (including phenoxy) is 2. The SMILES string of the molecule is COc1cccc(OC)c1S(=O)(=O)N1CCNCC1c1ccccc1Cl. The maximum atomic E-state index is 13.5. The van der Waals surface area contributed by atoms with Gasteiger partial charge in [-0.2, -0.15) is 4.31 Å². The number of nitrogens with one attached hydrogen (secondary N) is 1. The van der Waals surface area contributed by atoms with E-state index in [1.54, 1.807) is 24.3 Å². The molecule has 8 heteroatoms. The highest BCUT2D eigenvalue weighted by Gasteiger charge is 2.38. The molecule has 0 saturated carbocycles. The van der Waals surface area contributed by atoms with Crippen molar-refractivity contribution in [1.29, 1.82) is 0 Å². The second-order valence-electron chi connectivity index (χ2n) is 5.85. The van der Waals surface area contributed by atoms with Gasteiger partial charge in [-0.15, -0.1) is 0 Å². The van der Waals surface area contributed by atoms with E-state index in [4.69, 9.17) is 21.1 Å². The largest absolute Gasteiger partial charge is 0.495 e. The van der Waals surface area contributed by atoms with Gasteiger partial charge in [-0.05, 0) is 23.8 Å². The van der Waals surface area contributed by atoms with Crippen molar-refractivity contribution in [3.05, 3.63) is 53.1 Å². The molecule has 0 amide bonds. The van der Waals surface area contributed by atoms with Gasteiger partial charge in [-0.25, -0.2) is 8.42 Å². The Morgan fingerprint density at radius 2 is 1.73 bits per heavy atom. The van der Waals surface area contributed by atoms with E-state index < -0.39 is 16.1 Å². The first-order valence-corrected chi connectivity index (χ1v) is 10.0. The molecule has 0 spiro atoms. The molecular formula is C18H21ClN2O4S. The van der Waals surface area contributed by atoms with E-state index in [1.165, 1.54) is 18.5 Å². The molecule has 0 radical (unpaired) electrons. The smallest absolute Gasteiger partial charge is 0.251 e. The Labute approximate surface area is 158 Å². The number of hydrogen-bond donors (Lipinski definition) is 1. The zero-order valence-electron chi connectivity index (χ0n) is 14.6. The number of sulfonamides is 1. The van der Waals surface area contributed by atoms with Gasteiger partial charge in [0.15, 0.2) is 4.90 Å². The Morgan fingerprint density at radius 3 is 2.35 bits per heavy atom. The number of piperazine rings is 1. The standard InChI is InChI=1S/C18H21ClN2O4S/c1-24-16-8-5-9-17(25-2)18(16)26(22,23)21-11-10-20-12-15(21)13-6-3-4-7-14(13)19/h3-9,15,20H,10-12H2,1-2H3. The lowest BCUT2D eigenvalue weighted by Crippen LogP contribution is -2.48. The minimum atomic E-state index is -3.88. The van der Waals surface area contributed by atoms with Crippen molar-refractivity contribution >= 4 is 21.6 Å². The quantitative estimate of drug-likeness (QED) is 0.841. The first kappa shape index (κ1) is 19.0. The number of benzene rings is 2. The highest BCUT2D eigenvalue weighted by molar-refractivity contribution is 7.89. The molecule has 0 bridgehead atoms. The second-order valence-corrected chi connectivity index (χ2v) is 8.08. The lowest BCUT2D eigenvalue weighted by Gasteiger charge is -2.36. The zero-order valence-corrected chi connectivity index (χ0v) is 16.2. The van der Waals surface area contributed by atoms with E-state index in [1.807, 2.05) is 18.2 Å². The molecule has 1 aliphatic heterocycles. The molecule has 26 heavy (non-hydrogen) atoms. The van der Waals surface area contributed by atoms with E-state index in [2.05, 4.69) is 5.32 Å². The highest BCUT2D eigenvalue weighted by atomic mass is 35.5. The average molecular weight is 397 g/mol. The molecule has 2 aromatic rings. The van der Waals surface area contributed by atoms with Gasteiger partial charge < -0.3 is 14.8 Å². The summed E-state index contributed by atoms with van der Waals surface area (Å²) in [6.07, 6.45) is 0. The van der Waals surface area contributed by atoms with Crippen LogP contribution in [0.25, 0.3) is 0 Å². The third-order valence-electron chi connectivity index (χ3n) is 4.41. The molecule has 2 aromatic carbocycles. The third-order valence-corrected chi connectivity index (χ3v) is 6.72. The predicted molar refractivity (Wildman–Crippen MR) is 101 cm³/mol. The van der Waals surface area contributed by atoms with Gasteiger partial charge in [0.05, 0.1) is 20.3 Å². The molecule has 1 fully saturated rings.